The highest BCUT2D eigenvalue weighted by Crippen LogP contribution is 2.27. The van der Waals surface area contributed by atoms with Crippen LogP contribution in [0.4, 0.5) is 0 Å². The summed E-state index contributed by atoms with van der Waals surface area (Å²) in [6, 6.07) is 0.439. The fourth-order valence-corrected chi connectivity index (χ4v) is 3.46. The van der Waals surface area contributed by atoms with E-state index < -0.39 is 0 Å². The molecule has 2 heterocycles. The van der Waals surface area contributed by atoms with Gasteiger partial charge in [-0.1, -0.05) is 6.92 Å². The number of aromatic nitrogens is 1. The summed E-state index contributed by atoms with van der Waals surface area (Å²) in [5, 5.41) is 4.88. The number of hydrogen-bond acceptors (Lipinski definition) is 4. The van der Waals surface area contributed by atoms with Gasteiger partial charge in [-0.3, -0.25) is 4.90 Å². The SMILES string of the molecule is CCc1cnc(C(C)N2CCCNC(C)(C)C2)s1. The molecule has 1 aromatic rings. The average Bonchev–Trinajstić information content (AvgIpc) is 2.73. The summed E-state index contributed by atoms with van der Waals surface area (Å²) in [5.74, 6) is 0. The Balaban J connectivity index is 2.09. The average molecular weight is 267 g/mol. The van der Waals surface area contributed by atoms with Crippen LogP contribution in [-0.4, -0.2) is 35.1 Å². The second-order valence-corrected chi connectivity index (χ2v) is 6.98. The first kappa shape index (κ1) is 14.0. The van der Waals surface area contributed by atoms with Gasteiger partial charge in [-0.05, 0) is 40.2 Å². The maximum Gasteiger partial charge on any atom is 0.110 e. The molecular formula is C14H25N3S. The van der Waals surface area contributed by atoms with Gasteiger partial charge in [0.05, 0.1) is 6.04 Å². The van der Waals surface area contributed by atoms with Crippen LogP contribution in [-0.2, 0) is 6.42 Å². The van der Waals surface area contributed by atoms with E-state index in [1.165, 1.54) is 22.9 Å². The predicted octanol–water partition coefficient (Wildman–Crippen LogP) is 2.84. The summed E-state index contributed by atoms with van der Waals surface area (Å²) in [5.41, 5.74) is 0.204. The lowest BCUT2D eigenvalue weighted by atomic mass is 10.0. The van der Waals surface area contributed by atoms with Gasteiger partial charge in [0, 0.05) is 29.7 Å². The molecule has 1 unspecified atom stereocenters. The van der Waals surface area contributed by atoms with E-state index in [0.717, 1.165) is 19.5 Å². The summed E-state index contributed by atoms with van der Waals surface area (Å²) < 4.78 is 0. The summed E-state index contributed by atoms with van der Waals surface area (Å²) in [6.45, 7) is 12.4. The lowest BCUT2D eigenvalue weighted by Gasteiger charge is -2.33. The number of rotatable bonds is 3. The van der Waals surface area contributed by atoms with E-state index in [2.05, 4.69) is 42.9 Å². The van der Waals surface area contributed by atoms with Crippen LogP contribution in [0.2, 0.25) is 0 Å². The molecule has 2 rings (SSSR count). The van der Waals surface area contributed by atoms with Crippen molar-refractivity contribution in [1.82, 2.24) is 15.2 Å². The van der Waals surface area contributed by atoms with E-state index in [0.29, 0.717) is 6.04 Å². The van der Waals surface area contributed by atoms with Gasteiger partial charge < -0.3 is 5.32 Å². The van der Waals surface area contributed by atoms with E-state index in [9.17, 15) is 0 Å². The number of aryl methyl sites for hydroxylation is 1. The van der Waals surface area contributed by atoms with Crippen molar-refractivity contribution in [3.05, 3.63) is 16.1 Å². The third-order valence-electron chi connectivity index (χ3n) is 3.65. The smallest absolute Gasteiger partial charge is 0.110 e. The molecule has 3 nitrogen and oxygen atoms in total. The third kappa shape index (κ3) is 3.31. The lowest BCUT2D eigenvalue weighted by molar-refractivity contribution is 0.180. The van der Waals surface area contributed by atoms with Crippen LogP contribution in [0.25, 0.3) is 0 Å². The lowest BCUT2D eigenvalue weighted by Crippen LogP contribution is -2.46. The first-order chi connectivity index (χ1) is 8.52. The molecule has 1 aromatic heterocycles. The normalized spacial score (nSPS) is 22.7. The highest BCUT2D eigenvalue weighted by Gasteiger charge is 2.28. The predicted molar refractivity (Wildman–Crippen MR) is 78.2 cm³/mol. The molecule has 102 valence electrons. The van der Waals surface area contributed by atoms with Gasteiger partial charge in [-0.15, -0.1) is 11.3 Å². The molecule has 1 saturated heterocycles. The zero-order chi connectivity index (χ0) is 13.2. The molecule has 1 N–H and O–H groups in total. The zero-order valence-electron chi connectivity index (χ0n) is 12.0. The van der Waals surface area contributed by atoms with Crippen LogP contribution in [0.3, 0.4) is 0 Å². The Labute approximate surface area is 115 Å². The van der Waals surface area contributed by atoms with Crippen molar-refractivity contribution < 1.29 is 0 Å². The molecule has 0 amide bonds. The largest absolute Gasteiger partial charge is 0.310 e. The second kappa shape index (κ2) is 5.68. The summed E-state index contributed by atoms with van der Waals surface area (Å²) in [4.78, 5) is 8.56. The van der Waals surface area contributed by atoms with Crippen LogP contribution in [0.15, 0.2) is 6.20 Å². The molecule has 4 heteroatoms. The molecule has 1 fully saturated rings. The van der Waals surface area contributed by atoms with Crippen molar-refractivity contribution in [3.8, 4) is 0 Å². The molecule has 0 spiro atoms. The molecule has 0 radical (unpaired) electrons. The third-order valence-corrected chi connectivity index (χ3v) is 4.96. The Morgan fingerprint density at radius 3 is 3.00 bits per heavy atom. The maximum absolute atomic E-state index is 4.60. The van der Waals surface area contributed by atoms with Gasteiger partial charge in [0.2, 0.25) is 0 Å². The standard InChI is InChI=1S/C14H25N3S/c1-5-12-9-15-13(18-12)11(2)17-8-6-7-16-14(3,4)10-17/h9,11,16H,5-8,10H2,1-4H3. The Bertz CT molecular complexity index is 386. The van der Waals surface area contributed by atoms with Crippen molar-refractivity contribution in [2.24, 2.45) is 0 Å². The molecule has 18 heavy (non-hydrogen) atoms. The van der Waals surface area contributed by atoms with Gasteiger partial charge in [-0.25, -0.2) is 4.98 Å². The monoisotopic (exact) mass is 267 g/mol. The summed E-state index contributed by atoms with van der Waals surface area (Å²) >= 11 is 1.87. The minimum absolute atomic E-state index is 0.204. The Kier molecular flexibility index (Phi) is 4.41. The van der Waals surface area contributed by atoms with E-state index in [4.69, 9.17) is 0 Å². The minimum Gasteiger partial charge on any atom is -0.310 e. The number of nitrogens with one attached hydrogen (secondary N) is 1. The molecule has 0 bridgehead atoms. The molecule has 0 aromatic carbocycles. The van der Waals surface area contributed by atoms with Gasteiger partial charge in [0.1, 0.15) is 5.01 Å². The summed E-state index contributed by atoms with van der Waals surface area (Å²) in [7, 11) is 0. The molecule has 1 aliphatic heterocycles. The number of thiazole rings is 1. The topological polar surface area (TPSA) is 28.2 Å². The highest BCUT2D eigenvalue weighted by molar-refractivity contribution is 7.11. The Morgan fingerprint density at radius 1 is 1.56 bits per heavy atom. The van der Waals surface area contributed by atoms with Gasteiger partial charge >= 0.3 is 0 Å². The maximum atomic E-state index is 4.60. The quantitative estimate of drug-likeness (QED) is 0.913. The first-order valence-corrected chi connectivity index (χ1v) is 7.77. The fraction of sp³-hybridized carbons (Fsp3) is 0.786. The minimum atomic E-state index is 0.204. The second-order valence-electron chi connectivity index (χ2n) is 5.83. The zero-order valence-corrected chi connectivity index (χ0v) is 12.8. The van der Waals surface area contributed by atoms with Crippen molar-refractivity contribution in [3.63, 3.8) is 0 Å². The van der Waals surface area contributed by atoms with Crippen molar-refractivity contribution in [1.29, 1.82) is 0 Å². The van der Waals surface area contributed by atoms with E-state index in [1.54, 1.807) is 0 Å². The van der Waals surface area contributed by atoms with Crippen LogP contribution < -0.4 is 5.32 Å². The number of nitrogens with zero attached hydrogens (tertiary/aromatic N) is 2. The molecule has 1 aliphatic rings. The van der Waals surface area contributed by atoms with Gasteiger partial charge in [-0.2, -0.15) is 0 Å². The molecule has 0 aliphatic carbocycles. The fourth-order valence-electron chi connectivity index (χ4n) is 2.52. The Hall–Kier alpha value is -0.450. The molecule has 1 atom stereocenters. The van der Waals surface area contributed by atoms with Gasteiger partial charge in [0.15, 0.2) is 0 Å². The van der Waals surface area contributed by atoms with Crippen LogP contribution in [0.1, 0.15) is 50.0 Å². The van der Waals surface area contributed by atoms with Gasteiger partial charge in [0.25, 0.3) is 0 Å². The van der Waals surface area contributed by atoms with Crippen molar-refractivity contribution in [2.75, 3.05) is 19.6 Å². The van der Waals surface area contributed by atoms with Crippen molar-refractivity contribution in [2.45, 2.75) is 52.1 Å². The van der Waals surface area contributed by atoms with Crippen molar-refractivity contribution >= 4 is 11.3 Å². The first-order valence-electron chi connectivity index (χ1n) is 6.95. The van der Waals surface area contributed by atoms with Crippen LogP contribution in [0, 0.1) is 0 Å². The van der Waals surface area contributed by atoms with E-state index >= 15 is 0 Å². The highest BCUT2D eigenvalue weighted by atomic mass is 32.1. The van der Waals surface area contributed by atoms with E-state index in [1.807, 2.05) is 17.5 Å². The molecule has 0 saturated carbocycles. The van der Waals surface area contributed by atoms with Crippen LogP contribution >= 0.6 is 11.3 Å². The number of hydrogen-bond donors (Lipinski definition) is 1. The van der Waals surface area contributed by atoms with Crippen LogP contribution in [0.5, 0.6) is 0 Å². The summed E-state index contributed by atoms with van der Waals surface area (Å²) in [6.07, 6.45) is 4.36. The molecular weight excluding hydrogens is 242 g/mol. The van der Waals surface area contributed by atoms with E-state index in [-0.39, 0.29) is 5.54 Å². The Morgan fingerprint density at radius 2 is 2.33 bits per heavy atom.